The minimum atomic E-state index is 0.559. The normalized spacial score (nSPS) is 10.9. The molecule has 8 heteroatoms. The first-order valence-electron chi connectivity index (χ1n) is 11.5. The van der Waals surface area contributed by atoms with Crippen LogP contribution < -0.4 is 24.3 Å². The van der Waals surface area contributed by atoms with Gasteiger partial charge in [0.2, 0.25) is 0 Å². The molecule has 0 saturated heterocycles. The molecule has 2 heterocycles. The van der Waals surface area contributed by atoms with E-state index in [2.05, 4.69) is 33.9 Å². The molecule has 2 aromatic carbocycles. The van der Waals surface area contributed by atoms with Crippen molar-refractivity contribution in [2.45, 2.75) is 34.2 Å². The van der Waals surface area contributed by atoms with Crippen LogP contribution in [0.3, 0.4) is 0 Å². The number of fused-ring (bicyclic) bond motifs is 1. The molecule has 4 rings (SSSR count). The molecular weight excluding hydrogens is 444 g/mol. The van der Waals surface area contributed by atoms with E-state index in [9.17, 15) is 0 Å². The molecule has 1 N–H and O–H groups in total. The van der Waals surface area contributed by atoms with Gasteiger partial charge in [-0.1, -0.05) is 6.07 Å². The maximum Gasteiger partial charge on any atom is 0.161 e. The molecule has 8 nitrogen and oxygen atoms in total. The van der Waals surface area contributed by atoms with E-state index in [1.54, 1.807) is 21.3 Å². The highest BCUT2D eigenvalue weighted by atomic mass is 16.5. The summed E-state index contributed by atoms with van der Waals surface area (Å²) in [5, 5.41) is 14.5. The number of methoxy groups -OCH3 is 3. The molecule has 0 fully saturated rings. The average Bonchev–Trinajstić information content (AvgIpc) is 3.14. The highest BCUT2D eigenvalue weighted by Crippen LogP contribution is 2.38. The molecule has 184 valence electrons. The predicted molar refractivity (Wildman–Crippen MR) is 138 cm³/mol. The first-order valence-corrected chi connectivity index (χ1v) is 11.5. The van der Waals surface area contributed by atoms with Crippen molar-refractivity contribution in [3.63, 3.8) is 0 Å². The maximum atomic E-state index is 5.73. The number of aromatic nitrogens is 3. The first kappa shape index (κ1) is 24.2. The van der Waals surface area contributed by atoms with Crippen molar-refractivity contribution in [3.8, 4) is 28.7 Å². The minimum absolute atomic E-state index is 0.559. The molecule has 0 aliphatic heterocycles. The number of aryl methyl sites for hydroxylation is 3. The van der Waals surface area contributed by atoms with Crippen molar-refractivity contribution in [3.05, 3.63) is 59.0 Å². The zero-order chi connectivity index (χ0) is 25.1. The van der Waals surface area contributed by atoms with Gasteiger partial charge in [-0.2, -0.15) is 5.10 Å². The lowest BCUT2D eigenvalue weighted by Gasteiger charge is -2.15. The number of benzene rings is 2. The molecule has 0 saturated carbocycles. The zero-order valence-corrected chi connectivity index (χ0v) is 21.4. The van der Waals surface area contributed by atoms with Crippen LogP contribution in [0, 0.1) is 20.8 Å². The largest absolute Gasteiger partial charge is 0.494 e. The highest BCUT2D eigenvalue weighted by molar-refractivity contribution is 5.98. The zero-order valence-electron chi connectivity index (χ0n) is 21.4. The Labute approximate surface area is 205 Å². The standard InChI is InChI=1S/C27H32N4O4/c1-8-35-20-10-11-21(23(14-20)33-6)31-17(3)25-16(2)29-30-27(26(25)18(31)4)28-15-19-9-12-22(32-5)24(13-19)34-7/h9-14H,8,15H2,1-7H3,(H,28,30). The second-order valence-corrected chi connectivity index (χ2v) is 8.20. The Morgan fingerprint density at radius 2 is 1.51 bits per heavy atom. The fraction of sp³-hybridized carbons (Fsp3) is 0.333. The number of nitrogens with one attached hydrogen (secondary N) is 1. The number of nitrogens with zero attached hydrogens (tertiary/aromatic N) is 3. The summed E-state index contributed by atoms with van der Waals surface area (Å²) in [6.45, 7) is 9.29. The van der Waals surface area contributed by atoms with Gasteiger partial charge in [-0.3, -0.25) is 0 Å². The quantitative estimate of drug-likeness (QED) is 0.347. The fourth-order valence-electron chi connectivity index (χ4n) is 4.56. The lowest BCUT2D eigenvalue weighted by Crippen LogP contribution is -2.05. The Bertz CT molecular complexity index is 1360. The summed E-state index contributed by atoms with van der Waals surface area (Å²) in [4.78, 5) is 0. The highest BCUT2D eigenvalue weighted by Gasteiger charge is 2.21. The third-order valence-electron chi connectivity index (χ3n) is 6.15. The Morgan fingerprint density at radius 1 is 0.800 bits per heavy atom. The van der Waals surface area contributed by atoms with Crippen LogP contribution in [0.5, 0.6) is 23.0 Å². The Hall–Kier alpha value is -3.94. The molecule has 0 radical (unpaired) electrons. The van der Waals surface area contributed by atoms with E-state index in [-0.39, 0.29) is 0 Å². The SMILES string of the molecule is CCOc1ccc(-n2c(C)c3c(C)nnc(NCc4ccc(OC)c(OC)c4)c3c2C)c(OC)c1. The van der Waals surface area contributed by atoms with Crippen LogP contribution in [0.25, 0.3) is 16.5 Å². The van der Waals surface area contributed by atoms with Crippen LogP contribution in [0.1, 0.15) is 29.6 Å². The van der Waals surface area contributed by atoms with Crippen LogP contribution >= 0.6 is 0 Å². The Balaban J connectivity index is 1.77. The predicted octanol–water partition coefficient (Wildman–Crippen LogP) is 5.38. The van der Waals surface area contributed by atoms with Crippen LogP contribution in [0.4, 0.5) is 5.82 Å². The summed E-state index contributed by atoms with van der Waals surface area (Å²) < 4.78 is 24.4. The molecule has 0 amide bonds. The van der Waals surface area contributed by atoms with Gasteiger partial charge in [0.1, 0.15) is 11.5 Å². The van der Waals surface area contributed by atoms with Gasteiger partial charge in [-0.15, -0.1) is 5.10 Å². The van der Waals surface area contributed by atoms with Gasteiger partial charge in [-0.05, 0) is 57.5 Å². The van der Waals surface area contributed by atoms with Gasteiger partial charge < -0.3 is 28.8 Å². The van der Waals surface area contributed by atoms with E-state index in [1.165, 1.54) is 0 Å². The number of rotatable bonds is 9. The number of anilines is 1. The van der Waals surface area contributed by atoms with Crippen molar-refractivity contribution in [2.24, 2.45) is 0 Å². The van der Waals surface area contributed by atoms with E-state index in [0.717, 1.165) is 56.4 Å². The van der Waals surface area contributed by atoms with E-state index >= 15 is 0 Å². The molecular formula is C27H32N4O4. The summed E-state index contributed by atoms with van der Waals surface area (Å²) in [5.74, 6) is 3.62. The molecule has 2 aromatic heterocycles. The molecule has 0 atom stereocenters. The summed E-state index contributed by atoms with van der Waals surface area (Å²) in [5.41, 5.74) is 4.97. The van der Waals surface area contributed by atoms with Gasteiger partial charge >= 0.3 is 0 Å². The van der Waals surface area contributed by atoms with Gasteiger partial charge in [0.25, 0.3) is 0 Å². The molecule has 0 bridgehead atoms. The molecule has 35 heavy (non-hydrogen) atoms. The molecule has 0 unspecified atom stereocenters. The van der Waals surface area contributed by atoms with E-state index < -0.39 is 0 Å². The molecule has 0 aliphatic rings. The monoisotopic (exact) mass is 476 g/mol. The smallest absolute Gasteiger partial charge is 0.161 e. The summed E-state index contributed by atoms with van der Waals surface area (Å²) in [7, 11) is 4.94. The van der Waals surface area contributed by atoms with Gasteiger partial charge in [0, 0.05) is 34.8 Å². The van der Waals surface area contributed by atoms with Crippen molar-refractivity contribution < 1.29 is 18.9 Å². The van der Waals surface area contributed by atoms with E-state index in [1.807, 2.05) is 50.2 Å². The summed E-state index contributed by atoms with van der Waals surface area (Å²) in [6, 6.07) is 11.8. The average molecular weight is 477 g/mol. The van der Waals surface area contributed by atoms with Crippen molar-refractivity contribution in [1.82, 2.24) is 14.8 Å². The number of ether oxygens (including phenoxy) is 4. The van der Waals surface area contributed by atoms with Crippen LogP contribution in [0.2, 0.25) is 0 Å². The Morgan fingerprint density at radius 3 is 2.20 bits per heavy atom. The van der Waals surface area contributed by atoms with Gasteiger partial charge in [-0.25, -0.2) is 0 Å². The van der Waals surface area contributed by atoms with E-state index in [0.29, 0.717) is 24.7 Å². The van der Waals surface area contributed by atoms with Crippen LogP contribution in [-0.4, -0.2) is 42.7 Å². The lowest BCUT2D eigenvalue weighted by molar-refractivity contribution is 0.336. The van der Waals surface area contributed by atoms with Gasteiger partial charge in [0.15, 0.2) is 17.3 Å². The topological polar surface area (TPSA) is 79.7 Å². The third-order valence-corrected chi connectivity index (χ3v) is 6.15. The first-order chi connectivity index (χ1) is 16.9. The fourth-order valence-corrected chi connectivity index (χ4v) is 4.56. The van der Waals surface area contributed by atoms with Crippen molar-refractivity contribution in [1.29, 1.82) is 0 Å². The van der Waals surface area contributed by atoms with Crippen LogP contribution in [-0.2, 0) is 6.54 Å². The second-order valence-electron chi connectivity index (χ2n) is 8.20. The van der Waals surface area contributed by atoms with E-state index in [4.69, 9.17) is 18.9 Å². The maximum absolute atomic E-state index is 5.73. The molecule has 0 aliphatic carbocycles. The van der Waals surface area contributed by atoms with Crippen molar-refractivity contribution in [2.75, 3.05) is 33.3 Å². The molecule has 0 spiro atoms. The van der Waals surface area contributed by atoms with Gasteiger partial charge in [0.05, 0.1) is 39.3 Å². The van der Waals surface area contributed by atoms with Crippen molar-refractivity contribution >= 4 is 16.6 Å². The lowest BCUT2D eigenvalue weighted by atomic mass is 10.1. The third kappa shape index (κ3) is 4.43. The summed E-state index contributed by atoms with van der Waals surface area (Å²) >= 11 is 0. The number of hydrogen-bond acceptors (Lipinski definition) is 7. The summed E-state index contributed by atoms with van der Waals surface area (Å²) in [6.07, 6.45) is 0. The molecule has 4 aromatic rings. The Kier molecular flexibility index (Phi) is 7.00. The minimum Gasteiger partial charge on any atom is -0.494 e. The second kappa shape index (κ2) is 10.1. The van der Waals surface area contributed by atoms with Crippen LogP contribution in [0.15, 0.2) is 36.4 Å². The number of hydrogen-bond donors (Lipinski definition) is 1.